The van der Waals surface area contributed by atoms with Crippen LogP contribution in [-0.4, -0.2) is 24.7 Å². The zero-order valence-electron chi connectivity index (χ0n) is 14.3. The standard InChI is InChI=1S/C18H26ClNO2/c1-11(2)16(17(21)22-6)20-15-8-7-13(19)9-14(15)12(3)10-18(20,4)5/h7-9,11-12,16H,10H2,1-6H3/t12-,16+/m1/s1. The number of carbonyl (C=O) groups excluding carboxylic acids is 1. The van der Waals surface area contributed by atoms with Crippen LogP contribution in [0, 0.1) is 5.92 Å². The molecule has 0 N–H and O–H groups in total. The topological polar surface area (TPSA) is 29.5 Å². The van der Waals surface area contributed by atoms with E-state index in [0.717, 1.165) is 17.1 Å². The first-order chi connectivity index (χ1) is 10.2. The molecule has 0 saturated carbocycles. The molecule has 2 rings (SSSR count). The minimum Gasteiger partial charge on any atom is -0.467 e. The number of benzene rings is 1. The van der Waals surface area contributed by atoms with Gasteiger partial charge in [0, 0.05) is 16.2 Å². The largest absolute Gasteiger partial charge is 0.467 e. The van der Waals surface area contributed by atoms with Crippen molar-refractivity contribution < 1.29 is 9.53 Å². The highest BCUT2D eigenvalue weighted by atomic mass is 35.5. The first kappa shape index (κ1) is 17.1. The van der Waals surface area contributed by atoms with Crippen LogP contribution in [0.3, 0.4) is 0 Å². The number of halogens is 1. The number of ether oxygens (including phenoxy) is 1. The Morgan fingerprint density at radius 1 is 1.41 bits per heavy atom. The highest BCUT2D eigenvalue weighted by molar-refractivity contribution is 6.30. The van der Waals surface area contributed by atoms with E-state index < -0.39 is 0 Å². The fraction of sp³-hybridized carbons (Fsp3) is 0.611. The van der Waals surface area contributed by atoms with Gasteiger partial charge in [-0.15, -0.1) is 0 Å². The van der Waals surface area contributed by atoms with Crippen LogP contribution in [0.1, 0.15) is 52.5 Å². The van der Waals surface area contributed by atoms with Gasteiger partial charge >= 0.3 is 5.97 Å². The van der Waals surface area contributed by atoms with E-state index in [4.69, 9.17) is 16.3 Å². The SMILES string of the molecule is COC(=O)[C@H](C(C)C)N1c2ccc(Cl)cc2[C@H](C)CC1(C)C. The molecule has 22 heavy (non-hydrogen) atoms. The van der Waals surface area contributed by atoms with Crippen molar-refractivity contribution in [3.63, 3.8) is 0 Å². The smallest absolute Gasteiger partial charge is 0.328 e. The average Bonchev–Trinajstić information content (AvgIpc) is 2.42. The molecular weight excluding hydrogens is 298 g/mol. The summed E-state index contributed by atoms with van der Waals surface area (Å²) in [6, 6.07) is 5.66. The van der Waals surface area contributed by atoms with Crippen molar-refractivity contribution in [2.24, 2.45) is 5.92 Å². The van der Waals surface area contributed by atoms with Gasteiger partial charge in [-0.1, -0.05) is 32.4 Å². The molecule has 1 aliphatic heterocycles. The lowest BCUT2D eigenvalue weighted by atomic mass is 9.78. The molecule has 0 unspecified atom stereocenters. The van der Waals surface area contributed by atoms with Crippen molar-refractivity contribution in [2.45, 2.75) is 58.5 Å². The molecular formula is C18H26ClNO2. The van der Waals surface area contributed by atoms with E-state index in [2.05, 4.69) is 39.5 Å². The maximum atomic E-state index is 12.4. The van der Waals surface area contributed by atoms with Crippen LogP contribution in [0.5, 0.6) is 0 Å². The number of esters is 1. The summed E-state index contributed by atoms with van der Waals surface area (Å²) in [6.07, 6.45) is 0.973. The Labute approximate surface area is 138 Å². The van der Waals surface area contributed by atoms with Gasteiger partial charge in [0.15, 0.2) is 0 Å². The second kappa shape index (κ2) is 6.11. The van der Waals surface area contributed by atoms with Gasteiger partial charge in [-0.25, -0.2) is 4.79 Å². The van der Waals surface area contributed by atoms with Crippen LogP contribution < -0.4 is 4.90 Å². The number of methoxy groups -OCH3 is 1. The summed E-state index contributed by atoms with van der Waals surface area (Å²) >= 11 is 6.18. The Balaban J connectivity index is 2.61. The van der Waals surface area contributed by atoms with E-state index in [-0.39, 0.29) is 23.5 Å². The van der Waals surface area contributed by atoms with E-state index in [1.54, 1.807) is 0 Å². The molecule has 2 atom stereocenters. The number of hydrogen-bond donors (Lipinski definition) is 0. The van der Waals surface area contributed by atoms with Crippen LogP contribution >= 0.6 is 11.6 Å². The highest BCUT2D eigenvalue weighted by Crippen LogP contribution is 2.46. The number of nitrogens with zero attached hydrogens (tertiary/aromatic N) is 1. The van der Waals surface area contributed by atoms with E-state index in [9.17, 15) is 4.79 Å². The maximum Gasteiger partial charge on any atom is 0.328 e. The molecule has 0 radical (unpaired) electrons. The van der Waals surface area contributed by atoms with Crippen molar-refractivity contribution >= 4 is 23.3 Å². The number of hydrogen-bond acceptors (Lipinski definition) is 3. The second-order valence-corrected chi connectivity index (χ2v) is 7.64. The Hall–Kier alpha value is -1.22. The third kappa shape index (κ3) is 2.96. The van der Waals surface area contributed by atoms with Crippen molar-refractivity contribution in [3.8, 4) is 0 Å². The first-order valence-corrected chi connectivity index (χ1v) is 8.23. The van der Waals surface area contributed by atoms with Crippen molar-refractivity contribution in [3.05, 3.63) is 28.8 Å². The van der Waals surface area contributed by atoms with Gasteiger partial charge < -0.3 is 9.64 Å². The summed E-state index contributed by atoms with van der Waals surface area (Å²) in [5.41, 5.74) is 2.18. The van der Waals surface area contributed by atoms with Gasteiger partial charge in [0.05, 0.1) is 7.11 Å². The van der Waals surface area contributed by atoms with Crippen LogP contribution in [0.25, 0.3) is 0 Å². The molecule has 122 valence electrons. The molecule has 1 aromatic carbocycles. The molecule has 1 aliphatic rings. The quantitative estimate of drug-likeness (QED) is 0.759. The molecule has 4 heteroatoms. The Kier molecular flexibility index (Phi) is 4.76. The third-order valence-corrected chi connectivity index (χ3v) is 4.83. The lowest BCUT2D eigenvalue weighted by molar-refractivity contribution is -0.143. The minimum atomic E-state index is -0.299. The molecule has 1 heterocycles. The predicted octanol–water partition coefficient (Wildman–Crippen LogP) is 4.63. The molecule has 0 amide bonds. The van der Waals surface area contributed by atoms with Gasteiger partial charge in [0.25, 0.3) is 0 Å². The summed E-state index contributed by atoms with van der Waals surface area (Å²) in [4.78, 5) is 14.6. The molecule has 0 spiro atoms. The molecule has 0 aromatic heterocycles. The fourth-order valence-electron chi connectivity index (χ4n) is 3.75. The Bertz CT molecular complexity index is 568. The zero-order valence-corrected chi connectivity index (χ0v) is 15.1. The van der Waals surface area contributed by atoms with Crippen LogP contribution in [0.15, 0.2) is 18.2 Å². The predicted molar refractivity (Wildman–Crippen MR) is 91.7 cm³/mol. The monoisotopic (exact) mass is 323 g/mol. The van der Waals surface area contributed by atoms with E-state index in [0.29, 0.717) is 5.92 Å². The normalized spacial score (nSPS) is 21.5. The molecule has 1 aromatic rings. The third-order valence-electron chi connectivity index (χ3n) is 4.59. The molecule has 0 saturated heterocycles. The van der Waals surface area contributed by atoms with E-state index >= 15 is 0 Å². The minimum absolute atomic E-state index is 0.122. The van der Waals surface area contributed by atoms with Crippen LogP contribution in [-0.2, 0) is 9.53 Å². The van der Waals surface area contributed by atoms with Crippen molar-refractivity contribution in [1.29, 1.82) is 0 Å². The first-order valence-electron chi connectivity index (χ1n) is 7.85. The lowest BCUT2D eigenvalue weighted by Crippen LogP contribution is -2.58. The Morgan fingerprint density at radius 3 is 2.59 bits per heavy atom. The van der Waals surface area contributed by atoms with Gasteiger partial charge in [-0.2, -0.15) is 0 Å². The zero-order chi connectivity index (χ0) is 16.7. The summed E-state index contributed by atoms with van der Waals surface area (Å²) in [5, 5.41) is 0.740. The van der Waals surface area contributed by atoms with E-state index in [1.165, 1.54) is 12.7 Å². The lowest BCUT2D eigenvalue weighted by Gasteiger charge is -2.51. The number of carbonyl (C=O) groups is 1. The maximum absolute atomic E-state index is 12.4. The van der Waals surface area contributed by atoms with Gasteiger partial charge in [0.2, 0.25) is 0 Å². The van der Waals surface area contributed by atoms with Crippen molar-refractivity contribution in [1.82, 2.24) is 0 Å². The molecule has 0 fully saturated rings. The fourth-order valence-corrected chi connectivity index (χ4v) is 3.93. The summed E-state index contributed by atoms with van der Waals surface area (Å²) in [7, 11) is 1.46. The van der Waals surface area contributed by atoms with Gasteiger partial charge in [-0.05, 0) is 55.9 Å². The van der Waals surface area contributed by atoms with Gasteiger partial charge in [-0.3, -0.25) is 0 Å². The molecule has 3 nitrogen and oxygen atoms in total. The summed E-state index contributed by atoms with van der Waals surface area (Å²) < 4.78 is 5.08. The molecule has 0 aliphatic carbocycles. The summed E-state index contributed by atoms with van der Waals surface area (Å²) in [6.45, 7) is 10.7. The number of fused-ring (bicyclic) bond motifs is 1. The molecule has 0 bridgehead atoms. The summed E-state index contributed by atoms with van der Waals surface area (Å²) in [5.74, 6) is 0.382. The van der Waals surface area contributed by atoms with Crippen molar-refractivity contribution in [2.75, 3.05) is 12.0 Å². The van der Waals surface area contributed by atoms with Crippen LogP contribution in [0.4, 0.5) is 5.69 Å². The second-order valence-electron chi connectivity index (χ2n) is 7.20. The number of anilines is 1. The van der Waals surface area contributed by atoms with Gasteiger partial charge in [0.1, 0.15) is 6.04 Å². The number of rotatable bonds is 3. The Morgan fingerprint density at radius 2 is 2.05 bits per heavy atom. The van der Waals surface area contributed by atoms with Crippen LogP contribution in [0.2, 0.25) is 5.02 Å². The highest BCUT2D eigenvalue weighted by Gasteiger charge is 2.44. The van der Waals surface area contributed by atoms with E-state index in [1.807, 2.05) is 18.2 Å². The average molecular weight is 324 g/mol.